The van der Waals surface area contributed by atoms with Gasteiger partial charge < -0.3 is 11.1 Å². The van der Waals surface area contributed by atoms with E-state index in [2.05, 4.69) is 5.32 Å². The van der Waals surface area contributed by atoms with Gasteiger partial charge in [0, 0.05) is 24.7 Å². The summed E-state index contributed by atoms with van der Waals surface area (Å²) in [6, 6.07) is 6.55. The average molecular weight is 293 g/mol. The lowest BCUT2D eigenvalue weighted by Crippen LogP contribution is -2.41. The highest BCUT2D eigenvalue weighted by Crippen LogP contribution is 2.24. The van der Waals surface area contributed by atoms with Crippen LogP contribution in [0.4, 0.5) is 5.69 Å². The Hall–Kier alpha value is -1.95. The summed E-state index contributed by atoms with van der Waals surface area (Å²) in [4.78, 5) is 21.8. The monoisotopic (exact) mass is 293 g/mol. The van der Waals surface area contributed by atoms with Gasteiger partial charge in [0.2, 0.25) is 5.91 Å². The molecule has 1 atom stereocenters. The van der Waals surface area contributed by atoms with Crippen molar-refractivity contribution in [1.82, 2.24) is 5.32 Å². The van der Waals surface area contributed by atoms with Gasteiger partial charge in [0.15, 0.2) is 0 Å². The fourth-order valence-electron chi connectivity index (χ4n) is 2.00. The molecule has 0 saturated carbocycles. The lowest BCUT2D eigenvalue weighted by Gasteiger charge is -2.26. The number of non-ortho nitro benzene ring substituents is 1. The molecule has 0 bridgehead atoms. The van der Waals surface area contributed by atoms with Crippen LogP contribution in [0.2, 0.25) is 0 Å². The van der Waals surface area contributed by atoms with Crippen molar-refractivity contribution in [3.05, 3.63) is 39.9 Å². The van der Waals surface area contributed by atoms with E-state index in [1.807, 2.05) is 13.0 Å². The Morgan fingerprint density at radius 3 is 2.67 bits per heavy atom. The molecule has 21 heavy (non-hydrogen) atoms. The first-order chi connectivity index (χ1) is 9.77. The summed E-state index contributed by atoms with van der Waals surface area (Å²) in [5.74, 6) is -0.371. The number of carbonyl (C=O) groups excluding carboxylic acids is 1. The fraction of sp³-hybridized carbons (Fsp3) is 0.533. The topological polar surface area (TPSA) is 98.3 Å². The van der Waals surface area contributed by atoms with Gasteiger partial charge in [-0.05, 0) is 25.8 Å². The molecule has 0 fully saturated rings. The number of nitro groups is 1. The summed E-state index contributed by atoms with van der Waals surface area (Å²) in [7, 11) is 0. The van der Waals surface area contributed by atoms with Gasteiger partial charge in [-0.2, -0.15) is 0 Å². The molecule has 0 aliphatic heterocycles. The summed E-state index contributed by atoms with van der Waals surface area (Å²) in [6.45, 7) is 6.03. The maximum atomic E-state index is 11.4. The van der Waals surface area contributed by atoms with Crippen LogP contribution in [0.15, 0.2) is 24.3 Å². The van der Waals surface area contributed by atoms with E-state index < -0.39 is 10.3 Å². The predicted molar refractivity (Wildman–Crippen MR) is 81.7 cm³/mol. The molecule has 0 aliphatic rings. The van der Waals surface area contributed by atoms with Crippen molar-refractivity contribution in [2.24, 2.45) is 11.1 Å². The number of carbonyl (C=O) groups is 1. The zero-order valence-corrected chi connectivity index (χ0v) is 12.8. The quantitative estimate of drug-likeness (QED) is 0.568. The molecule has 1 aromatic carbocycles. The van der Waals surface area contributed by atoms with Gasteiger partial charge in [-0.15, -0.1) is 0 Å². The molecule has 0 radical (unpaired) electrons. The van der Waals surface area contributed by atoms with Crippen molar-refractivity contribution in [3.63, 3.8) is 0 Å². The highest BCUT2D eigenvalue weighted by Gasteiger charge is 2.26. The lowest BCUT2D eigenvalue weighted by molar-refractivity contribution is -0.384. The van der Waals surface area contributed by atoms with Crippen molar-refractivity contribution >= 4 is 11.6 Å². The smallest absolute Gasteiger partial charge is 0.269 e. The van der Waals surface area contributed by atoms with Crippen LogP contribution in [-0.2, 0) is 4.79 Å². The Balaban J connectivity index is 2.89. The van der Waals surface area contributed by atoms with Gasteiger partial charge in [-0.3, -0.25) is 14.9 Å². The summed E-state index contributed by atoms with van der Waals surface area (Å²) in [6.07, 6.45) is 1.76. The summed E-state index contributed by atoms with van der Waals surface area (Å²) in [5.41, 5.74) is 5.63. The number of nitrogens with zero attached hydrogens (tertiary/aromatic N) is 1. The minimum atomic E-state index is -0.660. The average Bonchev–Trinajstić information content (AvgIpc) is 2.43. The van der Waals surface area contributed by atoms with E-state index in [0.717, 1.165) is 18.4 Å². The SMILES string of the molecule is CCCC(NCC(C)(C)C(N)=O)c1cccc([N+](=O)[O-])c1. The number of rotatable bonds is 8. The van der Waals surface area contributed by atoms with E-state index in [4.69, 9.17) is 5.73 Å². The van der Waals surface area contributed by atoms with Gasteiger partial charge >= 0.3 is 0 Å². The van der Waals surface area contributed by atoms with Crippen molar-refractivity contribution in [1.29, 1.82) is 0 Å². The first-order valence-electron chi connectivity index (χ1n) is 7.05. The predicted octanol–water partition coefficient (Wildman–Crippen LogP) is 2.54. The van der Waals surface area contributed by atoms with Crippen LogP contribution in [0.1, 0.15) is 45.2 Å². The normalized spacial score (nSPS) is 12.9. The zero-order valence-electron chi connectivity index (χ0n) is 12.8. The molecule has 0 aromatic heterocycles. The standard InChI is InChI=1S/C15H23N3O3/c1-4-6-13(17-10-15(2,3)14(16)19)11-7-5-8-12(9-11)18(20)21/h5,7-9,13,17H,4,6,10H2,1-3H3,(H2,16,19). The Labute approximate surface area is 124 Å². The van der Waals surface area contributed by atoms with Crippen LogP contribution in [0, 0.1) is 15.5 Å². The molecule has 6 nitrogen and oxygen atoms in total. The molecule has 0 saturated heterocycles. The van der Waals surface area contributed by atoms with Gasteiger partial charge in [0.25, 0.3) is 5.69 Å². The second-order valence-corrected chi connectivity index (χ2v) is 5.82. The Bertz CT molecular complexity index is 515. The molecule has 1 unspecified atom stereocenters. The zero-order chi connectivity index (χ0) is 16.0. The summed E-state index contributed by atoms with van der Waals surface area (Å²) in [5, 5.41) is 14.2. The molecule has 1 amide bonds. The molecule has 0 heterocycles. The van der Waals surface area contributed by atoms with Crippen molar-refractivity contribution in [2.45, 2.75) is 39.7 Å². The largest absolute Gasteiger partial charge is 0.369 e. The molecule has 0 spiro atoms. The van der Waals surface area contributed by atoms with Crippen LogP contribution >= 0.6 is 0 Å². The maximum absolute atomic E-state index is 11.4. The molecule has 1 aromatic rings. The van der Waals surface area contributed by atoms with E-state index in [1.54, 1.807) is 26.0 Å². The molecule has 0 aliphatic carbocycles. The van der Waals surface area contributed by atoms with Crippen LogP contribution in [-0.4, -0.2) is 17.4 Å². The van der Waals surface area contributed by atoms with E-state index in [9.17, 15) is 14.9 Å². The second-order valence-electron chi connectivity index (χ2n) is 5.82. The first-order valence-corrected chi connectivity index (χ1v) is 7.05. The minimum absolute atomic E-state index is 0.0338. The van der Waals surface area contributed by atoms with Crippen LogP contribution in [0.3, 0.4) is 0 Å². The van der Waals surface area contributed by atoms with Gasteiger partial charge in [0.05, 0.1) is 10.3 Å². The second kappa shape index (κ2) is 7.17. The van der Waals surface area contributed by atoms with Gasteiger partial charge in [-0.1, -0.05) is 25.5 Å². The Morgan fingerprint density at radius 2 is 2.14 bits per heavy atom. The first kappa shape index (κ1) is 17.1. The highest BCUT2D eigenvalue weighted by molar-refractivity contribution is 5.80. The minimum Gasteiger partial charge on any atom is -0.369 e. The number of primary amides is 1. The van der Waals surface area contributed by atoms with E-state index in [0.29, 0.717) is 6.54 Å². The van der Waals surface area contributed by atoms with E-state index >= 15 is 0 Å². The molecule has 3 N–H and O–H groups in total. The lowest BCUT2D eigenvalue weighted by atomic mass is 9.91. The molecule has 1 rings (SSSR count). The van der Waals surface area contributed by atoms with Crippen LogP contribution in [0.5, 0.6) is 0 Å². The fourth-order valence-corrected chi connectivity index (χ4v) is 2.00. The third kappa shape index (κ3) is 4.82. The molecular weight excluding hydrogens is 270 g/mol. The third-order valence-corrected chi connectivity index (χ3v) is 3.52. The van der Waals surface area contributed by atoms with E-state index in [1.165, 1.54) is 6.07 Å². The van der Waals surface area contributed by atoms with Crippen molar-refractivity contribution < 1.29 is 9.72 Å². The van der Waals surface area contributed by atoms with Gasteiger partial charge in [0.1, 0.15) is 0 Å². The Morgan fingerprint density at radius 1 is 1.48 bits per heavy atom. The number of amides is 1. The number of nitro benzene ring substituents is 1. The number of nitrogens with one attached hydrogen (secondary N) is 1. The maximum Gasteiger partial charge on any atom is 0.269 e. The van der Waals surface area contributed by atoms with Crippen molar-refractivity contribution in [3.8, 4) is 0 Å². The third-order valence-electron chi connectivity index (χ3n) is 3.52. The summed E-state index contributed by atoms with van der Waals surface area (Å²) >= 11 is 0. The van der Waals surface area contributed by atoms with Crippen LogP contribution < -0.4 is 11.1 Å². The van der Waals surface area contributed by atoms with E-state index in [-0.39, 0.29) is 17.6 Å². The number of hydrogen-bond donors (Lipinski definition) is 2. The van der Waals surface area contributed by atoms with Crippen molar-refractivity contribution in [2.75, 3.05) is 6.54 Å². The number of hydrogen-bond acceptors (Lipinski definition) is 4. The molecule has 6 heteroatoms. The van der Waals surface area contributed by atoms with Gasteiger partial charge in [-0.25, -0.2) is 0 Å². The summed E-state index contributed by atoms with van der Waals surface area (Å²) < 4.78 is 0. The number of nitrogens with two attached hydrogens (primary N) is 1. The molecular formula is C15H23N3O3. The Kier molecular flexibility index (Phi) is 5.84. The highest BCUT2D eigenvalue weighted by atomic mass is 16.6. The number of benzene rings is 1. The van der Waals surface area contributed by atoms with Crippen LogP contribution in [0.25, 0.3) is 0 Å². The molecule has 116 valence electrons.